The quantitative estimate of drug-likeness (QED) is 0.597. The van der Waals surface area contributed by atoms with Crippen molar-refractivity contribution in [2.75, 3.05) is 20.8 Å². The van der Waals surface area contributed by atoms with E-state index in [1.165, 1.54) is 31.3 Å². The fourth-order valence-electron chi connectivity index (χ4n) is 3.63. The molecule has 2 heterocycles. The van der Waals surface area contributed by atoms with Crippen LogP contribution in [0.4, 0.5) is 4.39 Å². The maximum atomic E-state index is 14.0. The predicted molar refractivity (Wildman–Crippen MR) is 105 cm³/mol. The molecule has 2 aromatic carbocycles. The zero-order chi connectivity index (χ0) is 21.3. The molecule has 2 unspecified atom stereocenters. The second-order valence-electron chi connectivity index (χ2n) is 6.89. The number of nitrogens with zero attached hydrogens (tertiary/aromatic N) is 1. The Balaban J connectivity index is 1.61. The van der Waals surface area contributed by atoms with E-state index in [1.807, 2.05) is 0 Å². The molecule has 1 amide bonds. The number of carbonyl (C=O) groups excluding carboxylic acids is 2. The molecule has 1 aliphatic heterocycles. The second-order valence-corrected chi connectivity index (χ2v) is 6.89. The van der Waals surface area contributed by atoms with Gasteiger partial charge in [0, 0.05) is 11.8 Å². The van der Waals surface area contributed by atoms with Gasteiger partial charge in [0.15, 0.2) is 28.7 Å². The first-order valence-electron chi connectivity index (χ1n) is 9.38. The van der Waals surface area contributed by atoms with Crippen LogP contribution in [-0.4, -0.2) is 49.7 Å². The summed E-state index contributed by atoms with van der Waals surface area (Å²) in [5.74, 6) is -0.941. The summed E-state index contributed by atoms with van der Waals surface area (Å²) in [5, 5.41) is 0.700. The number of rotatable bonds is 5. The van der Waals surface area contributed by atoms with Crippen LogP contribution in [0.1, 0.15) is 17.0 Å². The summed E-state index contributed by atoms with van der Waals surface area (Å²) in [5.41, 5.74) is 0.441. The molecule has 156 valence electrons. The van der Waals surface area contributed by atoms with E-state index < -0.39 is 29.8 Å². The van der Waals surface area contributed by atoms with Crippen LogP contribution in [0.2, 0.25) is 0 Å². The Morgan fingerprint density at radius 2 is 1.87 bits per heavy atom. The molecule has 7 nitrogen and oxygen atoms in total. The van der Waals surface area contributed by atoms with Crippen LogP contribution in [0.3, 0.4) is 0 Å². The molecule has 1 fully saturated rings. The molecule has 4 rings (SSSR count). The summed E-state index contributed by atoms with van der Waals surface area (Å²) in [6, 6.07) is 12.0. The topological polar surface area (TPSA) is 78.2 Å². The standard InChI is InChI=1S/C22H20FNO6/c1-27-18-9-5-6-13-10-19(30-20(13)18)21(25)24-12-14(11-16(24)22(26)28-2)29-17-8-4-3-7-15(17)23/h3-10,14,16H,11-12H2,1-2H3. The highest BCUT2D eigenvalue weighted by Crippen LogP contribution is 2.31. The molecule has 0 N–H and O–H groups in total. The van der Waals surface area contributed by atoms with E-state index in [-0.39, 0.29) is 24.5 Å². The number of halogens is 1. The molecule has 1 aliphatic rings. The van der Waals surface area contributed by atoms with Crippen molar-refractivity contribution in [3.05, 3.63) is 60.1 Å². The molecule has 2 atom stereocenters. The number of methoxy groups -OCH3 is 2. The third-order valence-electron chi connectivity index (χ3n) is 5.07. The summed E-state index contributed by atoms with van der Waals surface area (Å²) in [7, 11) is 2.76. The molecule has 1 aromatic heterocycles. The van der Waals surface area contributed by atoms with Gasteiger partial charge in [-0.15, -0.1) is 0 Å². The van der Waals surface area contributed by atoms with E-state index in [0.717, 1.165) is 0 Å². The Morgan fingerprint density at radius 1 is 1.10 bits per heavy atom. The highest BCUT2D eigenvalue weighted by atomic mass is 19.1. The first-order valence-corrected chi connectivity index (χ1v) is 9.38. The van der Waals surface area contributed by atoms with Gasteiger partial charge in [-0.3, -0.25) is 4.79 Å². The number of benzene rings is 2. The van der Waals surface area contributed by atoms with Crippen molar-refractivity contribution in [2.45, 2.75) is 18.6 Å². The Morgan fingerprint density at radius 3 is 2.60 bits per heavy atom. The SMILES string of the molecule is COC(=O)C1CC(Oc2ccccc2F)CN1C(=O)c1cc2cccc(OC)c2o1. The van der Waals surface area contributed by atoms with E-state index in [2.05, 4.69) is 0 Å². The predicted octanol–water partition coefficient (Wildman–Crippen LogP) is 3.42. The Kier molecular flexibility index (Phi) is 5.31. The van der Waals surface area contributed by atoms with Gasteiger partial charge in [-0.25, -0.2) is 9.18 Å². The zero-order valence-electron chi connectivity index (χ0n) is 16.5. The van der Waals surface area contributed by atoms with Crippen LogP contribution < -0.4 is 9.47 Å². The van der Waals surface area contributed by atoms with Gasteiger partial charge in [-0.1, -0.05) is 24.3 Å². The fraction of sp³-hybridized carbons (Fsp3) is 0.273. The average molecular weight is 413 g/mol. The molecular weight excluding hydrogens is 393 g/mol. The molecule has 30 heavy (non-hydrogen) atoms. The van der Waals surface area contributed by atoms with Gasteiger partial charge >= 0.3 is 5.97 Å². The number of carbonyl (C=O) groups is 2. The van der Waals surface area contributed by atoms with Crippen LogP contribution in [0, 0.1) is 5.82 Å². The van der Waals surface area contributed by atoms with Crippen molar-refractivity contribution in [2.24, 2.45) is 0 Å². The number of hydrogen-bond donors (Lipinski definition) is 0. The first kappa shape index (κ1) is 19.8. The molecular formula is C22H20FNO6. The van der Waals surface area contributed by atoms with Gasteiger partial charge in [0.2, 0.25) is 0 Å². The first-order chi connectivity index (χ1) is 14.5. The van der Waals surface area contributed by atoms with Gasteiger partial charge < -0.3 is 23.5 Å². The van der Waals surface area contributed by atoms with E-state index in [9.17, 15) is 14.0 Å². The van der Waals surface area contributed by atoms with Gasteiger partial charge in [-0.2, -0.15) is 0 Å². The van der Waals surface area contributed by atoms with E-state index >= 15 is 0 Å². The highest BCUT2D eigenvalue weighted by molar-refractivity contribution is 5.99. The lowest BCUT2D eigenvalue weighted by Crippen LogP contribution is -2.41. The Labute approximate surface area is 171 Å². The summed E-state index contributed by atoms with van der Waals surface area (Å²) >= 11 is 0. The molecule has 0 saturated carbocycles. The zero-order valence-corrected chi connectivity index (χ0v) is 16.5. The van der Waals surface area contributed by atoms with Crippen LogP contribution in [0.15, 0.2) is 52.9 Å². The average Bonchev–Trinajstić information content (AvgIpc) is 3.38. The van der Waals surface area contributed by atoms with Crippen LogP contribution in [-0.2, 0) is 9.53 Å². The van der Waals surface area contributed by atoms with Gasteiger partial charge in [-0.05, 0) is 24.3 Å². The van der Waals surface area contributed by atoms with Crippen molar-refractivity contribution in [3.8, 4) is 11.5 Å². The molecule has 0 radical (unpaired) electrons. The third kappa shape index (κ3) is 3.56. The normalized spacial score (nSPS) is 18.4. The minimum Gasteiger partial charge on any atom is -0.493 e. The number of fused-ring (bicyclic) bond motifs is 1. The lowest BCUT2D eigenvalue weighted by molar-refractivity contribution is -0.145. The number of amides is 1. The monoisotopic (exact) mass is 413 g/mol. The van der Waals surface area contributed by atoms with Crippen molar-refractivity contribution < 1.29 is 32.6 Å². The Hall–Kier alpha value is -3.55. The number of esters is 1. The van der Waals surface area contributed by atoms with E-state index in [4.69, 9.17) is 18.6 Å². The van der Waals surface area contributed by atoms with E-state index in [1.54, 1.807) is 36.4 Å². The smallest absolute Gasteiger partial charge is 0.328 e. The Bertz CT molecular complexity index is 1090. The van der Waals surface area contributed by atoms with Crippen LogP contribution in [0.25, 0.3) is 11.0 Å². The maximum absolute atomic E-state index is 14.0. The summed E-state index contributed by atoms with van der Waals surface area (Å²) in [6.45, 7) is 0.0844. The fourth-order valence-corrected chi connectivity index (χ4v) is 3.63. The number of para-hydroxylation sites is 2. The van der Waals surface area contributed by atoms with Gasteiger partial charge in [0.1, 0.15) is 12.1 Å². The number of likely N-dealkylation sites (tertiary alicyclic amines) is 1. The summed E-state index contributed by atoms with van der Waals surface area (Å²) in [6.07, 6.45) is -0.398. The maximum Gasteiger partial charge on any atom is 0.328 e. The molecule has 0 spiro atoms. The molecule has 3 aromatic rings. The molecule has 1 saturated heterocycles. The second kappa shape index (κ2) is 8.06. The summed E-state index contributed by atoms with van der Waals surface area (Å²) in [4.78, 5) is 26.8. The largest absolute Gasteiger partial charge is 0.493 e. The van der Waals surface area contributed by atoms with Crippen molar-refractivity contribution in [1.29, 1.82) is 0 Å². The number of ether oxygens (including phenoxy) is 3. The van der Waals surface area contributed by atoms with Gasteiger partial charge in [0.25, 0.3) is 5.91 Å². The number of hydrogen-bond acceptors (Lipinski definition) is 6. The van der Waals surface area contributed by atoms with Crippen LogP contribution in [0.5, 0.6) is 11.5 Å². The van der Waals surface area contributed by atoms with E-state index in [0.29, 0.717) is 16.7 Å². The minimum atomic E-state index is -0.866. The third-order valence-corrected chi connectivity index (χ3v) is 5.07. The minimum absolute atomic E-state index is 0.0638. The van der Waals surface area contributed by atoms with Crippen molar-refractivity contribution in [3.63, 3.8) is 0 Å². The van der Waals surface area contributed by atoms with Crippen molar-refractivity contribution in [1.82, 2.24) is 4.90 Å². The molecule has 8 heteroatoms. The lowest BCUT2D eigenvalue weighted by atomic mass is 10.2. The lowest BCUT2D eigenvalue weighted by Gasteiger charge is -2.21. The van der Waals surface area contributed by atoms with Crippen LogP contribution >= 0.6 is 0 Å². The summed E-state index contributed by atoms with van der Waals surface area (Å²) < 4.78 is 35.5. The molecule has 0 aliphatic carbocycles. The molecule has 0 bridgehead atoms. The highest BCUT2D eigenvalue weighted by Gasteiger charge is 2.43. The van der Waals surface area contributed by atoms with Gasteiger partial charge in [0.05, 0.1) is 20.8 Å². The van der Waals surface area contributed by atoms with Crippen molar-refractivity contribution >= 4 is 22.8 Å². The number of furan rings is 1.